The van der Waals surface area contributed by atoms with Crippen LogP contribution in [0.25, 0.3) is 0 Å². The molecule has 0 radical (unpaired) electrons. The van der Waals surface area contributed by atoms with Gasteiger partial charge in [0.1, 0.15) is 11.1 Å². The summed E-state index contributed by atoms with van der Waals surface area (Å²) in [7, 11) is 0. The van der Waals surface area contributed by atoms with Crippen LogP contribution in [0, 0.1) is 11.3 Å². The lowest BCUT2D eigenvalue weighted by atomic mass is 10.2. The van der Waals surface area contributed by atoms with Crippen LogP contribution in [-0.4, -0.2) is 28.9 Å². The van der Waals surface area contributed by atoms with Gasteiger partial charge in [-0.2, -0.15) is 5.26 Å². The predicted molar refractivity (Wildman–Crippen MR) is 63.7 cm³/mol. The standard InChI is InChI=1S/C11H12BrN3O/c1-2-7-15(8-5-13)11(16)9-4-3-6-14-10(9)12/h3-4,6H,2,7-8H2,1H3. The molecule has 1 heterocycles. The molecule has 0 unspecified atom stereocenters. The zero-order chi connectivity index (χ0) is 12.0. The summed E-state index contributed by atoms with van der Waals surface area (Å²) < 4.78 is 0.513. The lowest BCUT2D eigenvalue weighted by Gasteiger charge is -2.18. The van der Waals surface area contributed by atoms with Crippen LogP contribution in [0.15, 0.2) is 22.9 Å². The number of nitriles is 1. The number of amides is 1. The second-order valence-electron chi connectivity index (χ2n) is 3.23. The predicted octanol–water partition coefficient (Wildman–Crippen LogP) is 2.22. The third-order valence-corrected chi connectivity index (χ3v) is 2.66. The van der Waals surface area contributed by atoms with Crippen molar-refractivity contribution < 1.29 is 4.79 Å². The molecule has 0 aliphatic carbocycles. The molecular formula is C11H12BrN3O. The maximum Gasteiger partial charge on any atom is 0.257 e. The normalized spacial score (nSPS) is 9.56. The number of nitrogens with zero attached hydrogens (tertiary/aromatic N) is 3. The number of aromatic nitrogens is 1. The molecule has 1 aromatic heterocycles. The first-order chi connectivity index (χ1) is 7.70. The molecule has 4 nitrogen and oxygen atoms in total. The molecule has 0 spiro atoms. The van der Waals surface area contributed by atoms with Gasteiger partial charge in [0.25, 0.3) is 5.91 Å². The van der Waals surface area contributed by atoms with Crippen LogP contribution in [0.1, 0.15) is 23.7 Å². The number of carbonyl (C=O) groups excluding carboxylic acids is 1. The quantitative estimate of drug-likeness (QED) is 0.628. The highest BCUT2D eigenvalue weighted by atomic mass is 79.9. The number of pyridine rings is 1. The molecule has 1 amide bonds. The molecule has 0 atom stereocenters. The summed E-state index contributed by atoms with van der Waals surface area (Å²) in [4.78, 5) is 17.6. The molecule has 16 heavy (non-hydrogen) atoms. The molecule has 0 bridgehead atoms. The minimum absolute atomic E-state index is 0.105. The van der Waals surface area contributed by atoms with Gasteiger partial charge in [0, 0.05) is 12.7 Å². The summed E-state index contributed by atoms with van der Waals surface area (Å²) in [5.74, 6) is -0.164. The number of hydrogen-bond acceptors (Lipinski definition) is 3. The molecule has 0 saturated heterocycles. The van der Waals surface area contributed by atoms with Crippen molar-refractivity contribution >= 4 is 21.8 Å². The van der Waals surface area contributed by atoms with Crippen LogP contribution in [0.5, 0.6) is 0 Å². The summed E-state index contributed by atoms with van der Waals surface area (Å²) >= 11 is 3.23. The van der Waals surface area contributed by atoms with Crippen LogP contribution >= 0.6 is 15.9 Å². The summed E-state index contributed by atoms with van der Waals surface area (Å²) in [5, 5.41) is 8.66. The first-order valence-corrected chi connectivity index (χ1v) is 5.76. The highest BCUT2D eigenvalue weighted by Crippen LogP contribution is 2.15. The SMILES string of the molecule is CCCN(CC#N)C(=O)c1cccnc1Br. The smallest absolute Gasteiger partial charge is 0.257 e. The number of rotatable bonds is 4. The maximum absolute atomic E-state index is 12.1. The zero-order valence-electron chi connectivity index (χ0n) is 8.98. The van der Waals surface area contributed by atoms with Crippen LogP contribution in [0.2, 0.25) is 0 Å². The van der Waals surface area contributed by atoms with E-state index in [-0.39, 0.29) is 12.5 Å². The molecule has 0 aliphatic heterocycles. The van der Waals surface area contributed by atoms with Gasteiger partial charge in [0.15, 0.2) is 0 Å². The van der Waals surface area contributed by atoms with Gasteiger partial charge in [-0.1, -0.05) is 6.92 Å². The monoisotopic (exact) mass is 281 g/mol. The lowest BCUT2D eigenvalue weighted by molar-refractivity contribution is 0.0774. The molecule has 84 valence electrons. The van der Waals surface area contributed by atoms with Gasteiger partial charge in [-0.05, 0) is 34.5 Å². The van der Waals surface area contributed by atoms with Gasteiger partial charge in [0.2, 0.25) is 0 Å². The highest BCUT2D eigenvalue weighted by Gasteiger charge is 2.17. The van der Waals surface area contributed by atoms with Crippen molar-refractivity contribution in [2.75, 3.05) is 13.1 Å². The summed E-state index contributed by atoms with van der Waals surface area (Å²) in [5.41, 5.74) is 0.492. The molecule has 1 rings (SSSR count). The topological polar surface area (TPSA) is 57.0 Å². The fraction of sp³-hybridized carbons (Fsp3) is 0.364. The Labute approximate surface area is 103 Å². The van der Waals surface area contributed by atoms with Crippen molar-refractivity contribution in [3.8, 4) is 6.07 Å². The molecule has 0 saturated carbocycles. The Bertz CT molecular complexity index is 414. The summed E-state index contributed by atoms with van der Waals surface area (Å²) in [6.07, 6.45) is 2.43. The Balaban J connectivity index is 2.91. The summed E-state index contributed by atoms with van der Waals surface area (Å²) in [6.45, 7) is 2.65. The van der Waals surface area contributed by atoms with Crippen molar-refractivity contribution in [2.45, 2.75) is 13.3 Å². The summed E-state index contributed by atoms with van der Waals surface area (Å²) in [6, 6.07) is 5.39. The first-order valence-electron chi connectivity index (χ1n) is 4.97. The number of carbonyl (C=O) groups is 1. The molecular weight excluding hydrogens is 270 g/mol. The minimum atomic E-state index is -0.164. The molecule has 1 aromatic rings. The third kappa shape index (κ3) is 3.04. The Morgan fingerprint density at radius 2 is 2.44 bits per heavy atom. The average Bonchev–Trinajstić information content (AvgIpc) is 2.28. The van der Waals surface area contributed by atoms with E-state index in [0.717, 1.165) is 6.42 Å². The molecule has 0 aromatic carbocycles. The van der Waals surface area contributed by atoms with Crippen molar-refractivity contribution in [1.29, 1.82) is 5.26 Å². The van der Waals surface area contributed by atoms with Gasteiger partial charge in [-0.15, -0.1) is 0 Å². The van der Waals surface area contributed by atoms with Crippen LogP contribution in [0.3, 0.4) is 0 Å². The van der Waals surface area contributed by atoms with Gasteiger partial charge in [-0.3, -0.25) is 4.79 Å². The van der Waals surface area contributed by atoms with Gasteiger partial charge in [0.05, 0.1) is 11.6 Å². The lowest BCUT2D eigenvalue weighted by Crippen LogP contribution is -2.32. The van der Waals surface area contributed by atoms with E-state index in [1.54, 1.807) is 18.3 Å². The second-order valence-corrected chi connectivity index (χ2v) is 3.98. The fourth-order valence-corrected chi connectivity index (χ4v) is 1.74. The van der Waals surface area contributed by atoms with E-state index < -0.39 is 0 Å². The van der Waals surface area contributed by atoms with E-state index in [4.69, 9.17) is 5.26 Å². The van der Waals surface area contributed by atoms with Gasteiger partial charge in [-0.25, -0.2) is 4.98 Å². The maximum atomic E-state index is 12.1. The Hall–Kier alpha value is -1.41. The van der Waals surface area contributed by atoms with E-state index in [0.29, 0.717) is 16.7 Å². The number of halogens is 1. The van der Waals surface area contributed by atoms with Crippen molar-refractivity contribution in [1.82, 2.24) is 9.88 Å². The van der Waals surface area contributed by atoms with E-state index in [9.17, 15) is 4.79 Å². The largest absolute Gasteiger partial charge is 0.325 e. The van der Waals surface area contributed by atoms with Crippen molar-refractivity contribution in [2.24, 2.45) is 0 Å². The first kappa shape index (κ1) is 12.7. The van der Waals surface area contributed by atoms with Crippen LogP contribution in [-0.2, 0) is 0 Å². The third-order valence-electron chi connectivity index (χ3n) is 2.03. The highest BCUT2D eigenvalue weighted by molar-refractivity contribution is 9.10. The molecule has 0 N–H and O–H groups in total. The Morgan fingerprint density at radius 1 is 1.69 bits per heavy atom. The fourth-order valence-electron chi connectivity index (χ4n) is 1.32. The molecule has 5 heteroatoms. The number of hydrogen-bond donors (Lipinski definition) is 0. The van der Waals surface area contributed by atoms with E-state index in [1.807, 2.05) is 13.0 Å². The zero-order valence-corrected chi connectivity index (χ0v) is 10.6. The van der Waals surface area contributed by atoms with Crippen molar-refractivity contribution in [3.63, 3.8) is 0 Å². The Morgan fingerprint density at radius 3 is 3.00 bits per heavy atom. The Kier molecular flexibility index (Phi) is 4.93. The van der Waals surface area contributed by atoms with Gasteiger partial charge < -0.3 is 4.90 Å². The van der Waals surface area contributed by atoms with E-state index in [2.05, 4.69) is 20.9 Å². The molecule has 0 fully saturated rings. The van der Waals surface area contributed by atoms with E-state index >= 15 is 0 Å². The molecule has 0 aliphatic rings. The second kappa shape index (κ2) is 6.23. The van der Waals surface area contributed by atoms with Crippen LogP contribution < -0.4 is 0 Å². The minimum Gasteiger partial charge on any atom is -0.325 e. The van der Waals surface area contributed by atoms with Crippen LogP contribution in [0.4, 0.5) is 0 Å². The average molecular weight is 282 g/mol. The van der Waals surface area contributed by atoms with E-state index in [1.165, 1.54) is 4.90 Å². The van der Waals surface area contributed by atoms with Gasteiger partial charge >= 0.3 is 0 Å². The van der Waals surface area contributed by atoms with Crippen molar-refractivity contribution in [3.05, 3.63) is 28.5 Å².